The molecule has 1 nitrogen and oxygen atoms in total. The molecule has 1 rings (SSSR count). The Morgan fingerprint density at radius 2 is 1.29 bits per heavy atom. The van der Waals surface area contributed by atoms with Crippen LogP contribution in [0.3, 0.4) is 0 Å². The van der Waals surface area contributed by atoms with Crippen molar-refractivity contribution < 1.29 is 31.4 Å². The Morgan fingerprint density at radius 3 is 1.59 bits per heavy atom. The van der Waals surface area contributed by atoms with Crippen LogP contribution in [-0.2, 0) is 6.61 Å². The molecule has 0 amide bonds. The van der Waals surface area contributed by atoms with Crippen molar-refractivity contribution in [1.82, 2.24) is 0 Å². The van der Waals surface area contributed by atoms with E-state index >= 15 is 0 Å². The van der Waals surface area contributed by atoms with Gasteiger partial charge in [-0.2, -0.15) is 26.3 Å². The zero-order chi connectivity index (χ0) is 13.3. The SMILES string of the molecule is OCc1ccc(C(C(F)(F)F)C(F)(F)F)cc1. The van der Waals surface area contributed by atoms with Crippen LogP contribution in [0, 0.1) is 0 Å². The Morgan fingerprint density at radius 1 is 0.882 bits per heavy atom. The van der Waals surface area contributed by atoms with Gasteiger partial charge in [-0.3, -0.25) is 0 Å². The predicted octanol–water partition coefficient (Wildman–Crippen LogP) is 3.39. The molecule has 0 aliphatic rings. The smallest absolute Gasteiger partial charge is 0.392 e. The molecule has 0 fully saturated rings. The highest BCUT2D eigenvalue weighted by atomic mass is 19.4. The quantitative estimate of drug-likeness (QED) is 0.806. The van der Waals surface area contributed by atoms with Crippen molar-refractivity contribution in [2.45, 2.75) is 24.9 Å². The summed E-state index contributed by atoms with van der Waals surface area (Å²) < 4.78 is 73.9. The standard InChI is InChI=1S/C10H8F6O/c11-9(12,13)8(10(14,15)16)7-3-1-6(5-17)2-4-7/h1-4,8,17H,5H2. The number of hydrogen-bond donors (Lipinski definition) is 1. The number of benzene rings is 1. The van der Waals surface area contributed by atoms with E-state index in [1.165, 1.54) is 0 Å². The number of alkyl halides is 6. The van der Waals surface area contributed by atoms with Crippen LogP contribution in [0.2, 0.25) is 0 Å². The van der Waals surface area contributed by atoms with Gasteiger partial charge in [-0.1, -0.05) is 24.3 Å². The van der Waals surface area contributed by atoms with E-state index in [0.717, 1.165) is 24.3 Å². The van der Waals surface area contributed by atoms with Crippen LogP contribution >= 0.6 is 0 Å². The topological polar surface area (TPSA) is 20.2 Å². The largest absolute Gasteiger partial charge is 0.404 e. The highest BCUT2D eigenvalue weighted by Crippen LogP contribution is 2.46. The van der Waals surface area contributed by atoms with Crippen molar-refractivity contribution in [3.05, 3.63) is 35.4 Å². The third-order valence-corrected chi connectivity index (χ3v) is 2.15. The fraction of sp³-hybridized carbons (Fsp3) is 0.400. The van der Waals surface area contributed by atoms with Crippen LogP contribution in [-0.4, -0.2) is 17.5 Å². The molecule has 0 unspecified atom stereocenters. The molecule has 0 aliphatic heterocycles. The molecule has 1 N–H and O–H groups in total. The molecule has 1 aromatic carbocycles. The average molecular weight is 258 g/mol. The van der Waals surface area contributed by atoms with E-state index in [1.807, 2.05) is 0 Å². The van der Waals surface area contributed by atoms with Gasteiger partial charge < -0.3 is 5.11 Å². The second kappa shape index (κ2) is 4.56. The average Bonchev–Trinajstić information content (AvgIpc) is 2.14. The van der Waals surface area contributed by atoms with Gasteiger partial charge in [0.25, 0.3) is 0 Å². The molecule has 7 heteroatoms. The molecule has 0 atom stereocenters. The van der Waals surface area contributed by atoms with Crippen LogP contribution < -0.4 is 0 Å². The molecule has 0 aliphatic carbocycles. The maximum Gasteiger partial charge on any atom is 0.404 e. The van der Waals surface area contributed by atoms with Gasteiger partial charge in [-0.05, 0) is 11.1 Å². The fourth-order valence-corrected chi connectivity index (χ4v) is 1.38. The number of hydrogen-bond acceptors (Lipinski definition) is 1. The summed E-state index contributed by atoms with van der Waals surface area (Å²) in [6.07, 6.45) is -10.8. The first-order valence-electron chi connectivity index (χ1n) is 4.49. The van der Waals surface area contributed by atoms with Crippen molar-refractivity contribution >= 4 is 0 Å². The third kappa shape index (κ3) is 3.36. The summed E-state index contributed by atoms with van der Waals surface area (Å²) in [6, 6.07) is 3.49. The van der Waals surface area contributed by atoms with Crippen molar-refractivity contribution in [1.29, 1.82) is 0 Å². The van der Waals surface area contributed by atoms with E-state index in [0.29, 0.717) is 0 Å². The van der Waals surface area contributed by atoms with Crippen molar-refractivity contribution in [2.24, 2.45) is 0 Å². The van der Waals surface area contributed by atoms with E-state index < -0.39 is 30.4 Å². The van der Waals surface area contributed by atoms with Gasteiger partial charge in [-0.25, -0.2) is 0 Å². The molecule has 0 bridgehead atoms. The Kier molecular flexibility index (Phi) is 3.71. The summed E-state index contributed by atoms with van der Waals surface area (Å²) in [6.45, 7) is -0.441. The number of aliphatic hydroxyl groups excluding tert-OH is 1. The van der Waals surface area contributed by atoms with Crippen LogP contribution in [0.4, 0.5) is 26.3 Å². The molecular weight excluding hydrogens is 250 g/mol. The molecule has 0 spiro atoms. The van der Waals surface area contributed by atoms with Crippen molar-refractivity contribution in [3.63, 3.8) is 0 Å². The molecule has 0 saturated heterocycles. The first-order chi connectivity index (χ1) is 7.66. The number of halogens is 6. The summed E-state index contributed by atoms with van der Waals surface area (Å²) in [7, 11) is 0. The fourth-order valence-electron chi connectivity index (χ4n) is 1.38. The maximum atomic E-state index is 12.3. The first-order valence-corrected chi connectivity index (χ1v) is 4.49. The zero-order valence-corrected chi connectivity index (χ0v) is 8.31. The highest BCUT2D eigenvalue weighted by Gasteiger charge is 2.57. The second-order valence-corrected chi connectivity index (χ2v) is 3.42. The normalized spacial score (nSPS) is 13.2. The van der Waals surface area contributed by atoms with Crippen molar-refractivity contribution in [2.75, 3.05) is 0 Å². The van der Waals surface area contributed by atoms with Gasteiger partial charge in [-0.15, -0.1) is 0 Å². The van der Waals surface area contributed by atoms with Gasteiger partial charge in [0.05, 0.1) is 6.61 Å². The molecule has 0 saturated carbocycles. The van der Waals surface area contributed by atoms with Gasteiger partial charge in [0.15, 0.2) is 5.92 Å². The van der Waals surface area contributed by atoms with Gasteiger partial charge >= 0.3 is 12.4 Å². The third-order valence-electron chi connectivity index (χ3n) is 2.15. The summed E-state index contributed by atoms with van der Waals surface area (Å²) in [5, 5.41) is 8.64. The summed E-state index contributed by atoms with van der Waals surface area (Å²) in [5.41, 5.74) is -0.640. The van der Waals surface area contributed by atoms with Crippen LogP contribution in [0.5, 0.6) is 0 Å². The van der Waals surface area contributed by atoms with E-state index in [9.17, 15) is 26.3 Å². The Balaban J connectivity index is 3.14. The van der Waals surface area contributed by atoms with Crippen LogP contribution in [0.15, 0.2) is 24.3 Å². The molecule has 0 radical (unpaired) electrons. The maximum absolute atomic E-state index is 12.3. The second-order valence-electron chi connectivity index (χ2n) is 3.42. The minimum absolute atomic E-state index is 0.247. The zero-order valence-electron chi connectivity index (χ0n) is 8.31. The Hall–Kier alpha value is -1.24. The highest BCUT2D eigenvalue weighted by molar-refractivity contribution is 5.27. The number of aliphatic hydroxyl groups is 1. The first kappa shape index (κ1) is 13.8. The summed E-state index contributed by atoms with van der Waals surface area (Å²) in [4.78, 5) is 0. The Labute approximate surface area is 92.7 Å². The molecule has 1 aromatic rings. The lowest BCUT2D eigenvalue weighted by Crippen LogP contribution is -2.34. The molecular formula is C10H8F6O. The minimum Gasteiger partial charge on any atom is -0.392 e. The summed E-state index contributed by atoms with van der Waals surface area (Å²) >= 11 is 0. The molecule has 96 valence electrons. The van der Waals surface area contributed by atoms with Gasteiger partial charge in [0.2, 0.25) is 0 Å². The van der Waals surface area contributed by atoms with E-state index in [-0.39, 0.29) is 5.56 Å². The predicted molar refractivity (Wildman–Crippen MR) is 47.2 cm³/mol. The molecule has 17 heavy (non-hydrogen) atoms. The molecule has 0 aromatic heterocycles. The minimum atomic E-state index is -5.39. The summed E-state index contributed by atoms with van der Waals surface area (Å²) in [5.74, 6) is -3.50. The lowest BCUT2D eigenvalue weighted by atomic mass is 9.97. The number of rotatable bonds is 2. The Bertz CT molecular complexity index is 350. The van der Waals surface area contributed by atoms with E-state index in [4.69, 9.17) is 5.11 Å². The van der Waals surface area contributed by atoms with Crippen molar-refractivity contribution in [3.8, 4) is 0 Å². The lowest BCUT2D eigenvalue weighted by molar-refractivity contribution is -0.253. The van der Waals surface area contributed by atoms with Gasteiger partial charge in [0.1, 0.15) is 0 Å². The monoisotopic (exact) mass is 258 g/mol. The molecule has 0 heterocycles. The van der Waals surface area contributed by atoms with E-state index in [2.05, 4.69) is 0 Å². The van der Waals surface area contributed by atoms with Gasteiger partial charge in [0, 0.05) is 0 Å². The van der Waals surface area contributed by atoms with E-state index in [1.54, 1.807) is 0 Å². The lowest BCUT2D eigenvalue weighted by Gasteiger charge is -2.23. The van der Waals surface area contributed by atoms with Crippen LogP contribution in [0.1, 0.15) is 17.0 Å². The van der Waals surface area contributed by atoms with Crippen LogP contribution in [0.25, 0.3) is 0 Å².